The van der Waals surface area contributed by atoms with Crippen molar-refractivity contribution in [2.24, 2.45) is 5.92 Å². The number of benzene rings is 2. The second-order valence-corrected chi connectivity index (χ2v) is 10.2. The van der Waals surface area contributed by atoms with E-state index in [4.69, 9.17) is 27.9 Å². The largest absolute Gasteiger partial charge is 0.497 e. The van der Waals surface area contributed by atoms with E-state index < -0.39 is 10.7 Å². The number of nitrogens with zero attached hydrogens (tertiary/aromatic N) is 3. The average molecular weight is 530 g/mol. The molecule has 36 heavy (non-hydrogen) atoms. The van der Waals surface area contributed by atoms with Crippen LogP contribution in [-0.4, -0.2) is 51.2 Å². The summed E-state index contributed by atoms with van der Waals surface area (Å²) in [5, 5.41) is 0. The first-order chi connectivity index (χ1) is 17.3. The van der Waals surface area contributed by atoms with E-state index in [1.54, 1.807) is 12.0 Å². The molecule has 0 fully saturated rings. The van der Waals surface area contributed by atoms with Gasteiger partial charge in [-0.2, -0.15) is 0 Å². The Labute approximate surface area is 223 Å². The summed E-state index contributed by atoms with van der Waals surface area (Å²) in [7, 11) is 1.65. The highest BCUT2D eigenvalue weighted by atomic mass is 35.5. The Morgan fingerprint density at radius 2 is 1.64 bits per heavy atom. The Balaban J connectivity index is 1.83. The van der Waals surface area contributed by atoms with E-state index in [0.717, 1.165) is 22.6 Å². The third kappa shape index (κ3) is 8.04. The van der Waals surface area contributed by atoms with Gasteiger partial charge in [-0.15, -0.1) is 0 Å². The first-order valence-corrected chi connectivity index (χ1v) is 12.8. The van der Waals surface area contributed by atoms with Crippen molar-refractivity contribution in [1.82, 2.24) is 14.4 Å². The van der Waals surface area contributed by atoms with Gasteiger partial charge in [0.2, 0.25) is 5.91 Å². The Kier molecular flexibility index (Phi) is 10.3. The van der Waals surface area contributed by atoms with Crippen molar-refractivity contribution in [3.63, 3.8) is 0 Å². The molecule has 0 atom stereocenters. The molecule has 0 aliphatic carbocycles. The lowest BCUT2D eigenvalue weighted by Gasteiger charge is -2.29. The SMILES string of the molecule is COc1cccc(Cn2cccc2CN(Cc2ccccc2)C(=O)CN(CC(C)C)C(=O)C(Cl)Cl)c1. The lowest BCUT2D eigenvalue weighted by atomic mass is 10.2. The summed E-state index contributed by atoms with van der Waals surface area (Å²) in [5.74, 6) is 0.336. The number of methoxy groups -OCH3 is 1. The highest BCUT2D eigenvalue weighted by Crippen LogP contribution is 2.18. The molecule has 6 nitrogen and oxygen atoms in total. The van der Waals surface area contributed by atoms with Crippen LogP contribution in [-0.2, 0) is 29.2 Å². The van der Waals surface area contributed by atoms with Gasteiger partial charge < -0.3 is 19.1 Å². The smallest absolute Gasteiger partial charge is 0.256 e. The van der Waals surface area contributed by atoms with E-state index in [9.17, 15) is 9.59 Å². The highest BCUT2D eigenvalue weighted by molar-refractivity contribution is 6.53. The minimum atomic E-state index is -1.21. The molecule has 0 radical (unpaired) electrons. The molecular weight excluding hydrogens is 497 g/mol. The zero-order valence-corrected chi connectivity index (χ0v) is 22.5. The first kappa shape index (κ1) is 27.6. The Bertz CT molecular complexity index is 1130. The maximum absolute atomic E-state index is 13.6. The number of hydrogen-bond donors (Lipinski definition) is 0. The topological polar surface area (TPSA) is 54.8 Å². The van der Waals surface area contributed by atoms with Gasteiger partial charge in [-0.1, -0.05) is 79.5 Å². The molecule has 0 bridgehead atoms. The van der Waals surface area contributed by atoms with Crippen molar-refractivity contribution >= 4 is 35.0 Å². The average Bonchev–Trinajstić information content (AvgIpc) is 3.29. The van der Waals surface area contributed by atoms with Gasteiger partial charge in [-0.25, -0.2) is 0 Å². The van der Waals surface area contributed by atoms with E-state index in [1.807, 2.05) is 86.8 Å². The molecule has 0 spiro atoms. The number of carbonyl (C=O) groups is 2. The second kappa shape index (κ2) is 13.4. The number of halogens is 2. The molecule has 0 unspecified atom stereocenters. The summed E-state index contributed by atoms with van der Waals surface area (Å²) in [6, 6.07) is 21.7. The van der Waals surface area contributed by atoms with Crippen LogP contribution in [0.3, 0.4) is 0 Å². The number of ether oxygens (including phenoxy) is 1. The van der Waals surface area contributed by atoms with Crippen molar-refractivity contribution in [3.05, 3.63) is 89.7 Å². The van der Waals surface area contributed by atoms with Crippen LogP contribution >= 0.6 is 23.2 Å². The fraction of sp³-hybridized carbons (Fsp3) is 0.357. The fourth-order valence-corrected chi connectivity index (χ4v) is 4.30. The van der Waals surface area contributed by atoms with Crippen molar-refractivity contribution in [2.75, 3.05) is 20.2 Å². The van der Waals surface area contributed by atoms with Crippen LogP contribution in [0.2, 0.25) is 0 Å². The first-order valence-electron chi connectivity index (χ1n) is 11.9. The lowest BCUT2D eigenvalue weighted by molar-refractivity contribution is -0.140. The number of hydrogen-bond acceptors (Lipinski definition) is 3. The molecule has 8 heteroatoms. The summed E-state index contributed by atoms with van der Waals surface area (Å²) >= 11 is 11.7. The Hall–Kier alpha value is -2.96. The third-order valence-electron chi connectivity index (χ3n) is 5.74. The van der Waals surface area contributed by atoms with E-state index in [1.165, 1.54) is 4.90 Å². The molecular formula is C28H33Cl2N3O3. The molecule has 1 aromatic heterocycles. The predicted octanol–water partition coefficient (Wildman–Crippen LogP) is 5.36. The second-order valence-electron chi connectivity index (χ2n) is 9.13. The fourth-order valence-electron chi connectivity index (χ4n) is 4.02. The van der Waals surface area contributed by atoms with E-state index in [0.29, 0.717) is 26.2 Å². The summed E-state index contributed by atoms with van der Waals surface area (Å²) in [5.41, 5.74) is 3.08. The Morgan fingerprint density at radius 1 is 0.917 bits per heavy atom. The molecule has 0 N–H and O–H groups in total. The minimum absolute atomic E-state index is 0.0869. The summed E-state index contributed by atoms with van der Waals surface area (Å²) in [6.07, 6.45) is 2.00. The molecule has 2 amide bonds. The molecule has 0 saturated carbocycles. The number of rotatable bonds is 12. The summed E-state index contributed by atoms with van der Waals surface area (Å²) in [6.45, 7) is 5.72. The van der Waals surface area contributed by atoms with Crippen LogP contribution in [0.15, 0.2) is 72.9 Å². The molecule has 1 heterocycles. The van der Waals surface area contributed by atoms with Gasteiger partial charge in [0.15, 0.2) is 4.84 Å². The number of alkyl halides is 2. The van der Waals surface area contributed by atoms with E-state index in [-0.39, 0.29) is 18.4 Å². The van der Waals surface area contributed by atoms with Gasteiger partial charge in [0.1, 0.15) is 5.75 Å². The maximum Gasteiger partial charge on any atom is 0.256 e. The predicted molar refractivity (Wildman–Crippen MR) is 144 cm³/mol. The van der Waals surface area contributed by atoms with Crippen LogP contribution in [0, 0.1) is 5.92 Å². The maximum atomic E-state index is 13.6. The standard InChI is InChI=1S/C28H33Cl2N3O3/c1-21(2)16-33(28(35)27(29)30)20-26(34)32(17-22-9-5-4-6-10-22)19-24-12-8-14-31(24)18-23-11-7-13-25(15-23)36-3/h4-15,21,27H,16-20H2,1-3H3. The summed E-state index contributed by atoms with van der Waals surface area (Å²) < 4.78 is 7.47. The van der Waals surface area contributed by atoms with Crippen molar-refractivity contribution in [2.45, 2.75) is 38.3 Å². The van der Waals surface area contributed by atoms with Crippen LogP contribution in [0.25, 0.3) is 0 Å². The zero-order chi connectivity index (χ0) is 26.1. The number of aromatic nitrogens is 1. The van der Waals surface area contributed by atoms with E-state index in [2.05, 4.69) is 4.57 Å². The molecule has 3 aromatic rings. The van der Waals surface area contributed by atoms with Gasteiger partial charge in [-0.3, -0.25) is 9.59 Å². The van der Waals surface area contributed by atoms with Crippen LogP contribution in [0.5, 0.6) is 5.75 Å². The van der Waals surface area contributed by atoms with Gasteiger partial charge in [0, 0.05) is 31.5 Å². The molecule has 2 aromatic carbocycles. The number of carbonyl (C=O) groups excluding carboxylic acids is 2. The van der Waals surface area contributed by atoms with E-state index >= 15 is 0 Å². The number of amides is 2. The zero-order valence-electron chi connectivity index (χ0n) is 20.9. The Morgan fingerprint density at radius 3 is 2.31 bits per heavy atom. The van der Waals surface area contributed by atoms with Gasteiger partial charge in [0.05, 0.1) is 20.2 Å². The summed E-state index contributed by atoms with van der Waals surface area (Å²) in [4.78, 5) is 28.2. The highest BCUT2D eigenvalue weighted by Gasteiger charge is 2.26. The monoisotopic (exact) mass is 529 g/mol. The molecule has 0 saturated heterocycles. The minimum Gasteiger partial charge on any atom is -0.497 e. The molecule has 192 valence electrons. The van der Waals surface area contributed by atoms with Crippen LogP contribution in [0.1, 0.15) is 30.7 Å². The molecule has 0 aliphatic heterocycles. The lowest BCUT2D eigenvalue weighted by Crippen LogP contribution is -2.45. The normalized spacial score (nSPS) is 11.1. The van der Waals surface area contributed by atoms with Crippen LogP contribution in [0.4, 0.5) is 0 Å². The van der Waals surface area contributed by atoms with Gasteiger partial charge >= 0.3 is 0 Å². The molecule has 3 rings (SSSR count). The van der Waals surface area contributed by atoms with Crippen LogP contribution < -0.4 is 4.74 Å². The van der Waals surface area contributed by atoms with Crippen molar-refractivity contribution in [3.8, 4) is 5.75 Å². The molecule has 0 aliphatic rings. The third-order valence-corrected chi connectivity index (χ3v) is 6.12. The van der Waals surface area contributed by atoms with Crippen molar-refractivity contribution < 1.29 is 14.3 Å². The van der Waals surface area contributed by atoms with Crippen molar-refractivity contribution in [1.29, 1.82) is 0 Å². The quantitative estimate of drug-likeness (QED) is 0.296. The van der Waals surface area contributed by atoms with Gasteiger partial charge in [-0.05, 0) is 41.3 Å². The van der Waals surface area contributed by atoms with Gasteiger partial charge in [0.25, 0.3) is 5.91 Å².